The monoisotopic (exact) mass is 1180 g/mol. The van der Waals surface area contributed by atoms with Crippen molar-refractivity contribution in [1.29, 1.82) is 0 Å². The first kappa shape index (κ1) is 78.1. The SMILES string of the molecule is CCCCCCCCCCCCCCC(=O)OC[C@H](COP(=O)(O)OC[C@@H](O)COP(=O)(O)OC[C@@H](COC(=O)CCCCCCCCC)OC(=O)CCCCCCCCC)OC(=O)CCCCCCCCCCCCC(C)CC. The first-order valence-electron chi connectivity index (χ1n) is 32.2. The number of unbranched alkanes of at least 4 members (excludes halogenated alkanes) is 32. The van der Waals surface area contributed by atoms with Gasteiger partial charge in [-0.05, 0) is 31.6 Å². The summed E-state index contributed by atoms with van der Waals surface area (Å²) in [6.07, 6.45) is 37.7. The summed E-state index contributed by atoms with van der Waals surface area (Å²) in [5.41, 5.74) is 0. The van der Waals surface area contributed by atoms with Gasteiger partial charge < -0.3 is 33.8 Å². The van der Waals surface area contributed by atoms with Gasteiger partial charge in [-0.25, -0.2) is 9.13 Å². The zero-order chi connectivity index (χ0) is 59.2. The van der Waals surface area contributed by atoms with Gasteiger partial charge in [-0.2, -0.15) is 0 Å². The van der Waals surface area contributed by atoms with Gasteiger partial charge in [0, 0.05) is 25.7 Å². The fourth-order valence-corrected chi connectivity index (χ4v) is 10.6. The molecule has 6 atom stereocenters. The van der Waals surface area contributed by atoms with Crippen molar-refractivity contribution in [2.45, 2.75) is 323 Å². The largest absolute Gasteiger partial charge is 0.472 e. The minimum absolute atomic E-state index is 0.103. The fraction of sp³-hybridized carbons (Fsp3) is 0.934. The Morgan fingerprint density at radius 2 is 0.600 bits per heavy atom. The van der Waals surface area contributed by atoms with E-state index in [1.54, 1.807) is 0 Å². The molecule has 0 saturated heterocycles. The van der Waals surface area contributed by atoms with Gasteiger partial charge in [-0.15, -0.1) is 0 Å². The average molecular weight is 1190 g/mol. The van der Waals surface area contributed by atoms with E-state index in [-0.39, 0.29) is 25.7 Å². The second-order valence-corrected chi connectivity index (χ2v) is 25.2. The number of aliphatic hydroxyl groups excluding tert-OH is 1. The first-order chi connectivity index (χ1) is 38.6. The van der Waals surface area contributed by atoms with Crippen LogP contribution in [0.15, 0.2) is 0 Å². The van der Waals surface area contributed by atoms with Crippen molar-refractivity contribution in [3.63, 3.8) is 0 Å². The molecule has 0 aromatic heterocycles. The second kappa shape index (κ2) is 55.0. The molecule has 474 valence electrons. The average Bonchev–Trinajstić information content (AvgIpc) is 3.43. The highest BCUT2D eigenvalue weighted by Crippen LogP contribution is 2.45. The maximum Gasteiger partial charge on any atom is 0.472 e. The Hall–Kier alpha value is -1.94. The molecule has 0 spiro atoms. The number of rotatable bonds is 61. The predicted molar refractivity (Wildman–Crippen MR) is 317 cm³/mol. The number of esters is 4. The van der Waals surface area contributed by atoms with E-state index in [1.807, 2.05) is 0 Å². The molecule has 0 heterocycles. The van der Waals surface area contributed by atoms with Gasteiger partial charge in [-0.3, -0.25) is 37.3 Å². The maximum atomic E-state index is 12.9. The number of aliphatic hydroxyl groups is 1. The van der Waals surface area contributed by atoms with E-state index >= 15 is 0 Å². The number of hydrogen-bond acceptors (Lipinski definition) is 15. The van der Waals surface area contributed by atoms with E-state index < -0.39 is 97.5 Å². The van der Waals surface area contributed by atoms with Crippen molar-refractivity contribution in [3.05, 3.63) is 0 Å². The predicted octanol–water partition coefficient (Wildman–Crippen LogP) is 16.6. The van der Waals surface area contributed by atoms with Crippen molar-refractivity contribution < 1.29 is 80.2 Å². The summed E-state index contributed by atoms with van der Waals surface area (Å²) >= 11 is 0. The summed E-state index contributed by atoms with van der Waals surface area (Å²) in [4.78, 5) is 71.8. The Balaban J connectivity index is 5.19. The molecule has 0 amide bonds. The molecule has 0 aliphatic heterocycles. The molecule has 0 rings (SSSR count). The van der Waals surface area contributed by atoms with Crippen LogP contribution in [0.5, 0.6) is 0 Å². The van der Waals surface area contributed by atoms with Gasteiger partial charge in [0.25, 0.3) is 0 Å². The number of phosphoric acid groups is 2. The molecule has 0 aliphatic rings. The molecular weight excluding hydrogens is 1070 g/mol. The summed E-state index contributed by atoms with van der Waals surface area (Å²) < 4.78 is 67.7. The van der Waals surface area contributed by atoms with Crippen LogP contribution >= 0.6 is 15.6 Å². The lowest BCUT2D eigenvalue weighted by Gasteiger charge is -2.21. The van der Waals surface area contributed by atoms with Crippen molar-refractivity contribution in [2.24, 2.45) is 5.92 Å². The summed E-state index contributed by atoms with van der Waals surface area (Å²) in [6, 6.07) is 0. The summed E-state index contributed by atoms with van der Waals surface area (Å²) in [6.45, 7) is 7.11. The van der Waals surface area contributed by atoms with Crippen molar-refractivity contribution in [2.75, 3.05) is 39.6 Å². The molecule has 80 heavy (non-hydrogen) atoms. The molecule has 17 nitrogen and oxygen atoms in total. The van der Waals surface area contributed by atoms with Crippen LogP contribution < -0.4 is 0 Å². The molecule has 0 aliphatic carbocycles. The third-order valence-electron chi connectivity index (χ3n) is 14.4. The maximum absolute atomic E-state index is 12.9. The fourth-order valence-electron chi connectivity index (χ4n) is 9.02. The molecule has 3 unspecified atom stereocenters. The quantitative estimate of drug-likeness (QED) is 0.0222. The molecule has 3 N–H and O–H groups in total. The third-order valence-corrected chi connectivity index (χ3v) is 16.3. The number of ether oxygens (including phenoxy) is 4. The topological polar surface area (TPSA) is 237 Å². The van der Waals surface area contributed by atoms with Gasteiger partial charge in [0.2, 0.25) is 0 Å². The van der Waals surface area contributed by atoms with Gasteiger partial charge in [0.05, 0.1) is 26.4 Å². The van der Waals surface area contributed by atoms with Gasteiger partial charge in [0.15, 0.2) is 12.2 Å². The van der Waals surface area contributed by atoms with Gasteiger partial charge >= 0.3 is 39.5 Å². The Labute approximate surface area is 486 Å². The van der Waals surface area contributed by atoms with Crippen LogP contribution in [0, 0.1) is 5.92 Å². The zero-order valence-corrected chi connectivity index (χ0v) is 53.0. The highest BCUT2D eigenvalue weighted by atomic mass is 31.2. The van der Waals surface area contributed by atoms with Crippen LogP contribution in [0.25, 0.3) is 0 Å². The van der Waals surface area contributed by atoms with Crippen LogP contribution in [0.2, 0.25) is 0 Å². The molecular formula is C61H118O17P2. The minimum atomic E-state index is -4.94. The van der Waals surface area contributed by atoms with E-state index in [4.69, 9.17) is 37.0 Å². The molecule has 0 radical (unpaired) electrons. The lowest BCUT2D eigenvalue weighted by atomic mass is 9.99. The van der Waals surface area contributed by atoms with Crippen molar-refractivity contribution in [1.82, 2.24) is 0 Å². The second-order valence-electron chi connectivity index (χ2n) is 22.3. The van der Waals surface area contributed by atoms with Gasteiger partial charge in [-0.1, -0.05) is 253 Å². The summed E-state index contributed by atoms with van der Waals surface area (Å²) in [5, 5.41) is 10.5. The number of hydrogen-bond donors (Lipinski definition) is 3. The Morgan fingerprint density at radius 1 is 0.350 bits per heavy atom. The Morgan fingerprint density at radius 3 is 0.887 bits per heavy atom. The summed E-state index contributed by atoms with van der Waals surface area (Å²) in [7, 11) is -9.87. The molecule has 0 aromatic rings. The van der Waals surface area contributed by atoms with E-state index in [1.165, 1.54) is 103 Å². The number of carbonyl (C=O) groups excluding carboxylic acids is 4. The molecule has 0 fully saturated rings. The Kier molecular flexibility index (Phi) is 53.6. The lowest BCUT2D eigenvalue weighted by molar-refractivity contribution is -0.161. The van der Waals surface area contributed by atoms with Crippen LogP contribution in [-0.2, 0) is 65.4 Å². The van der Waals surface area contributed by atoms with E-state index in [0.717, 1.165) is 121 Å². The first-order valence-corrected chi connectivity index (χ1v) is 35.2. The molecule has 19 heteroatoms. The van der Waals surface area contributed by atoms with Gasteiger partial charge in [0.1, 0.15) is 19.3 Å². The molecule has 0 saturated carbocycles. The number of phosphoric ester groups is 2. The highest BCUT2D eigenvalue weighted by Gasteiger charge is 2.30. The van der Waals surface area contributed by atoms with E-state index in [2.05, 4.69) is 34.6 Å². The van der Waals surface area contributed by atoms with Crippen LogP contribution in [-0.4, -0.2) is 96.7 Å². The minimum Gasteiger partial charge on any atom is -0.462 e. The third kappa shape index (κ3) is 54.0. The molecule has 0 bridgehead atoms. The number of carbonyl (C=O) groups is 4. The van der Waals surface area contributed by atoms with Crippen LogP contribution in [0.1, 0.15) is 304 Å². The smallest absolute Gasteiger partial charge is 0.462 e. The Bertz CT molecular complexity index is 1570. The standard InChI is InChI=1S/C61H118O17P2/c1-6-10-13-16-19-20-21-22-26-31-35-40-45-59(64)72-51-57(78-61(66)47-42-37-32-27-24-23-25-30-33-38-43-54(5)9-4)53-76-80(69,70)74-49-55(62)48-73-79(67,68)75-52-56(77-60(65)46-41-36-29-18-15-12-8-3)50-71-58(63)44-39-34-28-17-14-11-7-2/h54-57,62H,6-53H2,1-5H3,(H,67,68)(H,69,70)/t54?,55-,56+,57+/m0/s1. The van der Waals surface area contributed by atoms with Crippen LogP contribution in [0.4, 0.5) is 0 Å². The van der Waals surface area contributed by atoms with Crippen LogP contribution in [0.3, 0.4) is 0 Å². The van der Waals surface area contributed by atoms with Crippen molar-refractivity contribution >= 4 is 39.5 Å². The lowest BCUT2D eigenvalue weighted by Crippen LogP contribution is -2.30. The van der Waals surface area contributed by atoms with E-state index in [9.17, 15) is 43.2 Å². The zero-order valence-electron chi connectivity index (χ0n) is 51.2. The van der Waals surface area contributed by atoms with E-state index in [0.29, 0.717) is 25.7 Å². The highest BCUT2D eigenvalue weighted by molar-refractivity contribution is 7.47. The molecule has 0 aromatic carbocycles. The normalized spacial score (nSPS) is 14.7. The summed E-state index contributed by atoms with van der Waals surface area (Å²) in [5.74, 6) is -1.34. The van der Waals surface area contributed by atoms with Crippen molar-refractivity contribution in [3.8, 4) is 0 Å².